The summed E-state index contributed by atoms with van der Waals surface area (Å²) < 4.78 is 10.3. The summed E-state index contributed by atoms with van der Waals surface area (Å²) in [7, 11) is 1.29. The number of hydrogen-bond donors (Lipinski definition) is 4. The second-order valence-electron chi connectivity index (χ2n) is 6.60. The van der Waals surface area contributed by atoms with Gasteiger partial charge < -0.3 is 30.4 Å². The van der Waals surface area contributed by atoms with Crippen LogP contribution in [0.4, 0.5) is 5.82 Å². The number of aromatic carboxylic acids is 2. The van der Waals surface area contributed by atoms with Gasteiger partial charge in [0.05, 0.1) is 12.7 Å². The highest BCUT2D eigenvalue weighted by atomic mass is 16.5. The Morgan fingerprint density at radius 2 is 1.53 bits per heavy atom. The number of methoxy groups -OCH3 is 1. The van der Waals surface area contributed by atoms with Crippen molar-refractivity contribution in [1.29, 1.82) is 0 Å². The van der Waals surface area contributed by atoms with Crippen LogP contribution in [0.15, 0.2) is 53.3 Å². The van der Waals surface area contributed by atoms with Gasteiger partial charge in [-0.2, -0.15) is 0 Å². The van der Waals surface area contributed by atoms with Crippen LogP contribution < -0.4 is 16.0 Å². The first-order valence-electron chi connectivity index (χ1n) is 9.15. The molecule has 0 spiro atoms. The maximum Gasteiger partial charge on any atom is 0.342 e. The third-order valence-electron chi connectivity index (χ3n) is 4.60. The molecule has 0 atom stereocenters. The van der Waals surface area contributed by atoms with Gasteiger partial charge in [-0.3, -0.25) is 4.79 Å². The van der Waals surface area contributed by atoms with Crippen molar-refractivity contribution in [3.8, 4) is 16.9 Å². The molecule has 0 saturated carbocycles. The maximum atomic E-state index is 12.1. The highest BCUT2D eigenvalue weighted by Gasteiger charge is 2.26. The van der Waals surface area contributed by atoms with Crippen molar-refractivity contribution in [3.63, 3.8) is 0 Å². The van der Waals surface area contributed by atoms with E-state index in [0.29, 0.717) is 11.3 Å². The average Bonchev–Trinajstić information content (AvgIpc) is 2.76. The number of pyridine rings is 1. The molecule has 0 fully saturated rings. The standard InChI is InChI=1S/C22H18N2O8/c1-31-22(30)13-4-2-11(3-5-13)10-32-14-8-6-12(7-9-14)15-16(20(26)27)18(23)24-19(25)17(15)21(28)29/h2-9H,10H2,1H3,(H,26,27)(H,28,29)(H3,23,24,25). The molecule has 0 saturated heterocycles. The molecule has 0 amide bonds. The number of nitrogen functional groups attached to an aromatic ring is 1. The predicted molar refractivity (Wildman–Crippen MR) is 113 cm³/mol. The van der Waals surface area contributed by atoms with Gasteiger partial charge in [-0.25, -0.2) is 14.4 Å². The van der Waals surface area contributed by atoms with E-state index >= 15 is 0 Å². The summed E-state index contributed by atoms with van der Waals surface area (Å²) in [5.41, 5.74) is 4.44. The zero-order valence-electron chi connectivity index (χ0n) is 16.7. The van der Waals surface area contributed by atoms with Crippen LogP contribution in [0.2, 0.25) is 0 Å². The molecular formula is C22H18N2O8. The van der Waals surface area contributed by atoms with Gasteiger partial charge in [0.15, 0.2) is 0 Å². The molecule has 3 aromatic rings. The van der Waals surface area contributed by atoms with E-state index in [2.05, 4.69) is 9.72 Å². The number of benzene rings is 2. The van der Waals surface area contributed by atoms with Crippen LogP contribution in [-0.4, -0.2) is 40.2 Å². The summed E-state index contributed by atoms with van der Waals surface area (Å²) >= 11 is 0. The van der Waals surface area contributed by atoms with Gasteiger partial charge in [-0.15, -0.1) is 0 Å². The van der Waals surface area contributed by atoms with Crippen molar-refractivity contribution in [2.24, 2.45) is 0 Å². The number of aromatic nitrogens is 1. The average molecular weight is 438 g/mol. The number of esters is 1. The first kappa shape index (κ1) is 22.1. The van der Waals surface area contributed by atoms with E-state index in [1.165, 1.54) is 31.4 Å². The Hall–Kier alpha value is -4.60. The van der Waals surface area contributed by atoms with Crippen LogP contribution in [-0.2, 0) is 11.3 Å². The lowest BCUT2D eigenvalue weighted by Crippen LogP contribution is -2.24. The number of carboxylic acid groups (broad SMARTS) is 2. The lowest BCUT2D eigenvalue weighted by atomic mass is 9.95. The molecule has 10 nitrogen and oxygen atoms in total. The van der Waals surface area contributed by atoms with E-state index in [1.54, 1.807) is 24.3 Å². The molecule has 1 aromatic heterocycles. The number of rotatable bonds is 7. The SMILES string of the molecule is COC(=O)c1ccc(COc2ccc(-c3c(C(=O)O)c(N)[nH]c(=O)c3C(=O)O)cc2)cc1. The number of nitrogens with two attached hydrogens (primary N) is 1. The monoisotopic (exact) mass is 438 g/mol. The van der Waals surface area contributed by atoms with Crippen molar-refractivity contribution < 1.29 is 34.1 Å². The predicted octanol–water partition coefficient (Wildman–Crippen LogP) is 2.39. The number of ether oxygens (including phenoxy) is 2. The fourth-order valence-electron chi connectivity index (χ4n) is 3.07. The van der Waals surface area contributed by atoms with Gasteiger partial charge in [0, 0.05) is 5.56 Å². The largest absolute Gasteiger partial charge is 0.489 e. The second kappa shape index (κ2) is 9.04. The molecular weight excluding hydrogens is 420 g/mol. The number of H-pyrrole nitrogens is 1. The van der Waals surface area contributed by atoms with Crippen molar-refractivity contribution >= 4 is 23.7 Å². The molecule has 3 rings (SSSR count). The Labute approximate surface area is 180 Å². The van der Waals surface area contributed by atoms with Gasteiger partial charge in [0.2, 0.25) is 0 Å². The van der Waals surface area contributed by atoms with Crippen molar-refractivity contribution in [3.05, 3.63) is 81.1 Å². The summed E-state index contributed by atoms with van der Waals surface area (Å²) in [5.74, 6) is -3.54. The topological polar surface area (TPSA) is 169 Å². The molecule has 0 aliphatic heterocycles. The van der Waals surface area contributed by atoms with E-state index in [0.717, 1.165) is 5.56 Å². The van der Waals surface area contributed by atoms with Crippen LogP contribution >= 0.6 is 0 Å². The Morgan fingerprint density at radius 1 is 0.938 bits per heavy atom. The van der Waals surface area contributed by atoms with Gasteiger partial charge in [0.1, 0.15) is 29.3 Å². The van der Waals surface area contributed by atoms with Crippen LogP contribution in [0, 0.1) is 0 Å². The van der Waals surface area contributed by atoms with E-state index < -0.39 is 40.4 Å². The second-order valence-corrected chi connectivity index (χ2v) is 6.60. The van der Waals surface area contributed by atoms with Crippen LogP contribution in [0.1, 0.15) is 36.6 Å². The fourth-order valence-corrected chi connectivity index (χ4v) is 3.07. The highest BCUT2D eigenvalue weighted by molar-refractivity contribution is 6.07. The van der Waals surface area contributed by atoms with Gasteiger partial charge in [-0.05, 0) is 35.4 Å². The molecule has 32 heavy (non-hydrogen) atoms. The number of hydrogen-bond acceptors (Lipinski definition) is 7. The van der Waals surface area contributed by atoms with Gasteiger partial charge in [0.25, 0.3) is 5.56 Å². The van der Waals surface area contributed by atoms with E-state index in [1.807, 2.05) is 0 Å². The van der Waals surface area contributed by atoms with E-state index in [9.17, 15) is 29.4 Å². The van der Waals surface area contributed by atoms with E-state index in [-0.39, 0.29) is 17.7 Å². The summed E-state index contributed by atoms with van der Waals surface area (Å²) in [6.07, 6.45) is 0. The third kappa shape index (κ3) is 4.43. The van der Waals surface area contributed by atoms with Gasteiger partial charge >= 0.3 is 17.9 Å². The number of carboxylic acids is 2. The molecule has 0 bridgehead atoms. The molecule has 10 heteroatoms. The number of nitrogens with one attached hydrogen (secondary N) is 1. The lowest BCUT2D eigenvalue weighted by molar-refractivity contribution is 0.0598. The number of aromatic amines is 1. The normalized spacial score (nSPS) is 10.4. The number of anilines is 1. The van der Waals surface area contributed by atoms with Crippen LogP contribution in [0.5, 0.6) is 5.75 Å². The molecule has 0 radical (unpaired) electrons. The van der Waals surface area contributed by atoms with Crippen molar-refractivity contribution in [2.45, 2.75) is 6.61 Å². The quantitative estimate of drug-likeness (QED) is 0.405. The molecule has 2 aromatic carbocycles. The van der Waals surface area contributed by atoms with Crippen LogP contribution in [0.25, 0.3) is 11.1 Å². The summed E-state index contributed by atoms with van der Waals surface area (Å²) in [6.45, 7) is 0.180. The summed E-state index contributed by atoms with van der Waals surface area (Å²) in [6, 6.07) is 12.5. The smallest absolute Gasteiger partial charge is 0.342 e. The molecule has 0 aliphatic rings. The summed E-state index contributed by atoms with van der Waals surface area (Å²) in [5, 5.41) is 18.9. The van der Waals surface area contributed by atoms with Gasteiger partial charge in [-0.1, -0.05) is 24.3 Å². The van der Waals surface area contributed by atoms with Crippen LogP contribution in [0.3, 0.4) is 0 Å². The Kier molecular flexibility index (Phi) is 6.24. The molecule has 5 N–H and O–H groups in total. The molecule has 1 heterocycles. The van der Waals surface area contributed by atoms with Crippen molar-refractivity contribution in [2.75, 3.05) is 12.8 Å². The third-order valence-corrected chi connectivity index (χ3v) is 4.60. The fraction of sp³-hybridized carbons (Fsp3) is 0.0909. The zero-order valence-corrected chi connectivity index (χ0v) is 16.7. The minimum absolute atomic E-state index is 0.174. The Bertz CT molecular complexity index is 1240. The van der Waals surface area contributed by atoms with Crippen molar-refractivity contribution in [1.82, 2.24) is 4.98 Å². The number of carbonyl (C=O) groups is 3. The lowest BCUT2D eigenvalue weighted by Gasteiger charge is -2.13. The summed E-state index contributed by atoms with van der Waals surface area (Å²) in [4.78, 5) is 48.9. The minimum Gasteiger partial charge on any atom is -0.489 e. The zero-order chi connectivity index (χ0) is 23.4. The molecule has 0 unspecified atom stereocenters. The number of carbonyl (C=O) groups excluding carboxylic acids is 1. The first-order chi connectivity index (χ1) is 15.2. The molecule has 0 aliphatic carbocycles. The minimum atomic E-state index is -1.58. The first-order valence-corrected chi connectivity index (χ1v) is 9.15. The highest BCUT2D eigenvalue weighted by Crippen LogP contribution is 2.30. The molecule has 164 valence electrons. The Balaban J connectivity index is 1.88. The maximum absolute atomic E-state index is 12.1. The van der Waals surface area contributed by atoms with E-state index in [4.69, 9.17) is 10.5 Å². The Morgan fingerprint density at radius 3 is 2.06 bits per heavy atom.